The summed E-state index contributed by atoms with van der Waals surface area (Å²) >= 11 is 12.3. The zero-order chi connectivity index (χ0) is 30.3. The van der Waals surface area contributed by atoms with Gasteiger partial charge in [0.2, 0.25) is 11.8 Å². The minimum Gasteiger partial charge on any atom is -0.393 e. The second-order valence-corrected chi connectivity index (χ2v) is 12.7. The number of nitriles is 2. The fourth-order valence-corrected chi connectivity index (χ4v) is 7.48. The molecule has 0 spiro atoms. The Morgan fingerprint density at radius 2 is 1.12 bits per heavy atom. The lowest BCUT2D eigenvalue weighted by Crippen LogP contribution is -2.28. The van der Waals surface area contributed by atoms with Crippen LogP contribution in [-0.4, -0.2) is 57.1 Å². The topological polar surface area (TPSA) is 129 Å². The molecule has 0 bridgehead atoms. The highest BCUT2D eigenvalue weighted by Gasteiger charge is 2.48. The van der Waals surface area contributed by atoms with E-state index in [2.05, 4.69) is 12.1 Å². The maximum atomic E-state index is 12.4. The van der Waals surface area contributed by atoms with E-state index in [0.29, 0.717) is 47.4 Å². The summed E-state index contributed by atoms with van der Waals surface area (Å²) in [4.78, 5) is 28.4. The van der Waals surface area contributed by atoms with Gasteiger partial charge in [0.05, 0.1) is 33.4 Å². The number of aliphatic hydroxyl groups excluding tert-OH is 2. The quantitative estimate of drug-likeness (QED) is 0.526. The Hall–Kier alpha value is -3.14. The molecule has 2 amide bonds. The third-order valence-electron chi connectivity index (χ3n) is 9.65. The number of hydrogen-bond acceptors (Lipinski definition) is 6. The summed E-state index contributed by atoms with van der Waals surface area (Å²) < 4.78 is 0. The summed E-state index contributed by atoms with van der Waals surface area (Å²) in [5, 5.41) is 38.7. The maximum absolute atomic E-state index is 12.4. The number of hydrogen-bond donors (Lipinski definition) is 2. The van der Waals surface area contributed by atoms with Gasteiger partial charge in [-0.3, -0.25) is 9.59 Å². The number of carbonyl (C=O) groups is 2. The van der Waals surface area contributed by atoms with E-state index in [1.54, 1.807) is 12.1 Å². The van der Waals surface area contributed by atoms with Gasteiger partial charge in [-0.15, -0.1) is 0 Å². The average Bonchev–Trinajstić information content (AvgIpc) is 3.70. The second-order valence-electron chi connectivity index (χ2n) is 11.9. The molecule has 0 unspecified atom stereocenters. The Kier molecular flexibility index (Phi) is 8.83. The van der Waals surface area contributed by atoms with Gasteiger partial charge in [-0.25, -0.2) is 0 Å². The van der Waals surface area contributed by atoms with Crippen LogP contribution in [0.5, 0.6) is 0 Å². The summed E-state index contributed by atoms with van der Waals surface area (Å²) in [6, 6.07) is 11.2. The zero-order valence-electron chi connectivity index (χ0n) is 23.7. The fraction of sp³-hybridized carbons (Fsp3) is 0.500. The summed E-state index contributed by atoms with van der Waals surface area (Å²) in [5.74, 6) is 0.384. The molecule has 220 valence electrons. The van der Waals surface area contributed by atoms with Crippen molar-refractivity contribution in [1.82, 2.24) is 9.80 Å². The van der Waals surface area contributed by atoms with Crippen LogP contribution in [0.2, 0.25) is 10.0 Å². The lowest BCUT2D eigenvalue weighted by molar-refractivity contribution is -0.132. The Morgan fingerprint density at radius 1 is 0.738 bits per heavy atom. The van der Waals surface area contributed by atoms with Crippen LogP contribution in [0, 0.1) is 60.2 Å². The molecular weight excluding hydrogens is 575 g/mol. The first-order chi connectivity index (χ1) is 20.0. The Morgan fingerprint density at radius 3 is 1.45 bits per heavy atom. The van der Waals surface area contributed by atoms with E-state index in [-0.39, 0.29) is 47.7 Å². The van der Waals surface area contributed by atoms with Crippen molar-refractivity contribution in [2.24, 2.45) is 23.7 Å². The molecule has 0 radical (unpaired) electrons. The third-order valence-corrected chi connectivity index (χ3v) is 10.6. The molecule has 6 atom stereocenters. The predicted molar refractivity (Wildman–Crippen MR) is 157 cm³/mol. The first-order valence-corrected chi connectivity index (χ1v) is 15.1. The highest BCUT2D eigenvalue weighted by Crippen LogP contribution is 2.41. The van der Waals surface area contributed by atoms with Crippen molar-refractivity contribution in [3.05, 3.63) is 67.7 Å². The van der Waals surface area contributed by atoms with Crippen LogP contribution in [-0.2, 0) is 22.7 Å². The van der Waals surface area contributed by atoms with Crippen molar-refractivity contribution in [1.29, 1.82) is 10.5 Å². The molecule has 0 aromatic heterocycles. The number of benzene rings is 2. The van der Waals surface area contributed by atoms with Gasteiger partial charge in [0.15, 0.2) is 0 Å². The highest BCUT2D eigenvalue weighted by atomic mass is 35.5. The smallest absolute Gasteiger partial charge is 0.226 e. The molecule has 2 saturated heterocycles. The SMILES string of the molecule is Cc1c(CN2C[C@@H]3[C@H](O)CC[C@@H]3C2=O)ccc(C#N)c1Cl.Cc1c(CN2C[C@H]3[C@@H](O)CC[C@H]3C2=O)ccc(C#N)c1Cl. The molecule has 2 N–H and O–H groups in total. The highest BCUT2D eigenvalue weighted by molar-refractivity contribution is 6.33. The van der Waals surface area contributed by atoms with Crippen LogP contribution >= 0.6 is 23.2 Å². The number of amides is 2. The minimum absolute atomic E-state index is 0.0193. The van der Waals surface area contributed by atoms with Gasteiger partial charge >= 0.3 is 0 Å². The largest absolute Gasteiger partial charge is 0.393 e. The van der Waals surface area contributed by atoms with Gasteiger partial charge in [0, 0.05) is 49.9 Å². The maximum Gasteiger partial charge on any atom is 0.226 e. The summed E-state index contributed by atoms with van der Waals surface area (Å²) in [7, 11) is 0. The van der Waals surface area contributed by atoms with E-state index >= 15 is 0 Å². The van der Waals surface area contributed by atoms with Crippen LogP contribution in [0.3, 0.4) is 0 Å². The second kappa shape index (κ2) is 12.2. The molecule has 2 aromatic rings. The molecule has 4 fully saturated rings. The normalized spacial score (nSPS) is 27.8. The molecule has 2 aliphatic carbocycles. The summed E-state index contributed by atoms with van der Waals surface area (Å²) in [6.45, 7) is 5.96. The third kappa shape index (κ3) is 5.50. The molecule has 8 nitrogen and oxygen atoms in total. The van der Waals surface area contributed by atoms with Crippen molar-refractivity contribution < 1.29 is 19.8 Å². The van der Waals surface area contributed by atoms with Crippen LogP contribution in [0.25, 0.3) is 0 Å². The number of likely N-dealkylation sites (tertiary alicyclic amines) is 2. The fourth-order valence-electron chi connectivity index (χ4n) is 7.02. The first kappa shape index (κ1) is 30.3. The zero-order valence-corrected chi connectivity index (χ0v) is 25.2. The number of fused-ring (bicyclic) bond motifs is 2. The van der Waals surface area contributed by atoms with E-state index in [4.69, 9.17) is 33.7 Å². The van der Waals surface area contributed by atoms with Gasteiger partial charge in [0.1, 0.15) is 12.1 Å². The van der Waals surface area contributed by atoms with Crippen LogP contribution in [0.4, 0.5) is 0 Å². The van der Waals surface area contributed by atoms with Crippen LogP contribution in [0.15, 0.2) is 24.3 Å². The lowest BCUT2D eigenvalue weighted by atomic mass is 9.99. The van der Waals surface area contributed by atoms with Gasteiger partial charge in [-0.2, -0.15) is 10.5 Å². The molecule has 2 saturated carbocycles. The molecule has 2 aromatic carbocycles. The molecule has 10 heteroatoms. The van der Waals surface area contributed by atoms with Crippen molar-refractivity contribution in [3.8, 4) is 12.1 Å². The van der Waals surface area contributed by atoms with E-state index in [9.17, 15) is 19.8 Å². The molecule has 42 heavy (non-hydrogen) atoms. The number of aliphatic hydroxyl groups is 2. The molecular formula is C32H34Cl2N4O4. The lowest BCUT2D eigenvalue weighted by Gasteiger charge is -2.20. The van der Waals surface area contributed by atoms with E-state index in [1.165, 1.54) is 0 Å². The summed E-state index contributed by atoms with van der Waals surface area (Å²) in [6.07, 6.45) is 2.33. The minimum atomic E-state index is -0.352. The predicted octanol–water partition coefficient (Wildman–Crippen LogP) is 4.50. The average molecular weight is 610 g/mol. The van der Waals surface area contributed by atoms with E-state index in [0.717, 1.165) is 47.9 Å². The van der Waals surface area contributed by atoms with Gasteiger partial charge in [-0.1, -0.05) is 35.3 Å². The van der Waals surface area contributed by atoms with Crippen molar-refractivity contribution in [3.63, 3.8) is 0 Å². The number of carbonyl (C=O) groups excluding carboxylic acids is 2. The Bertz CT molecular complexity index is 1390. The molecule has 4 aliphatic rings. The Labute approximate surface area is 256 Å². The number of rotatable bonds is 4. The first-order valence-electron chi connectivity index (χ1n) is 14.4. The number of nitrogens with zero attached hydrogens (tertiary/aromatic N) is 4. The summed E-state index contributed by atoms with van der Waals surface area (Å²) in [5.41, 5.74) is 4.53. The number of halogens is 2. The van der Waals surface area contributed by atoms with Crippen molar-refractivity contribution in [2.75, 3.05) is 13.1 Å². The Balaban J connectivity index is 0.000000168. The molecule has 2 heterocycles. The van der Waals surface area contributed by atoms with Crippen LogP contribution in [0.1, 0.15) is 59.1 Å². The van der Waals surface area contributed by atoms with Crippen molar-refractivity contribution in [2.45, 2.75) is 64.8 Å². The van der Waals surface area contributed by atoms with Crippen molar-refractivity contribution >= 4 is 35.0 Å². The van der Waals surface area contributed by atoms with Gasteiger partial charge < -0.3 is 20.0 Å². The molecule has 6 rings (SSSR count). The van der Waals surface area contributed by atoms with E-state index in [1.807, 2.05) is 35.8 Å². The van der Waals surface area contributed by atoms with Crippen LogP contribution < -0.4 is 0 Å². The van der Waals surface area contributed by atoms with E-state index < -0.39 is 0 Å². The van der Waals surface area contributed by atoms with Gasteiger partial charge in [0.25, 0.3) is 0 Å². The molecule has 2 aliphatic heterocycles. The monoisotopic (exact) mass is 608 g/mol. The van der Waals surface area contributed by atoms with Gasteiger partial charge in [-0.05, 0) is 73.9 Å². The standard InChI is InChI=1S/2C16H17ClN2O2/c2*1-9-11(3-2-10(6-18)15(9)17)7-19-8-13-12(16(19)21)4-5-14(13)20/h2*2-3,12-14,20H,4-5,7-8H2,1H3/t2*12-,13-,14+/m10/s1.